The Labute approximate surface area is 186 Å². The van der Waals surface area contributed by atoms with E-state index in [4.69, 9.17) is 14.3 Å². The fourth-order valence-electron chi connectivity index (χ4n) is 3.53. The number of hydrogen-bond acceptors (Lipinski definition) is 5. The first-order valence-electron chi connectivity index (χ1n) is 10.2. The van der Waals surface area contributed by atoms with Crippen LogP contribution in [0, 0.1) is 6.92 Å². The Kier molecular flexibility index (Phi) is 6.22. The summed E-state index contributed by atoms with van der Waals surface area (Å²) in [5.41, 5.74) is 3.50. The zero-order chi connectivity index (χ0) is 22.5. The highest BCUT2D eigenvalue weighted by molar-refractivity contribution is 5.99. The normalized spacial score (nSPS) is 15.3. The summed E-state index contributed by atoms with van der Waals surface area (Å²) in [4.78, 5) is 31.9. The van der Waals surface area contributed by atoms with Crippen LogP contribution >= 0.6 is 0 Å². The topological polar surface area (TPSA) is 65.1 Å². The Morgan fingerprint density at radius 3 is 2.16 bits per heavy atom. The van der Waals surface area contributed by atoms with Crippen molar-refractivity contribution in [2.75, 3.05) is 7.11 Å². The largest absolute Gasteiger partial charge is 0.465 e. The lowest BCUT2D eigenvalue weighted by molar-refractivity contribution is -0.137. The maximum Gasteiger partial charge on any atom is 0.444 e. The number of nitrogens with zero attached hydrogens (tertiary/aromatic N) is 1. The van der Waals surface area contributed by atoms with Crippen LogP contribution in [0.1, 0.15) is 28.3 Å². The minimum atomic E-state index is -0.816. The standard InChI is InChI=1S/C26H23NO5/c1-18-13-15-21(16-14-18)24-22(25(28)30-2)23(20-11-7-4-8-12-20)27(32-24)26(29)31-17-19-9-5-3-6-10-19/h3-16,23H,17H2,1-2H3. The predicted molar refractivity (Wildman–Crippen MR) is 119 cm³/mol. The van der Waals surface area contributed by atoms with E-state index >= 15 is 0 Å². The third-order valence-corrected chi connectivity index (χ3v) is 5.16. The van der Waals surface area contributed by atoms with E-state index in [-0.39, 0.29) is 17.9 Å². The fourth-order valence-corrected chi connectivity index (χ4v) is 3.53. The molecule has 0 N–H and O–H groups in total. The SMILES string of the molecule is COC(=O)C1=C(c2ccc(C)cc2)ON(C(=O)OCc2ccccc2)C1c1ccccc1. The van der Waals surface area contributed by atoms with Gasteiger partial charge < -0.3 is 14.3 Å². The molecule has 6 nitrogen and oxygen atoms in total. The van der Waals surface area contributed by atoms with E-state index in [1.807, 2.05) is 91.9 Å². The Bertz CT molecular complexity index is 1120. The molecule has 1 unspecified atom stereocenters. The van der Waals surface area contributed by atoms with Gasteiger partial charge in [-0.1, -0.05) is 90.5 Å². The van der Waals surface area contributed by atoms with E-state index in [1.54, 1.807) is 0 Å². The Morgan fingerprint density at radius 2 is 1.53 bits per heavy atom. The van der Waals surface area contributed by atoms with Crippen molar-refractivity contribution in [2.45, 2.75) is 19.6 Å². The summed E-state index contributed by atoms with van der Waals surface area (Å²) < 4.78 is 10.6. The van der Waals surface area contributed by atoms with Gasteiger partial charge in [0.15, 0.2) is 5.76 Å². The van der Waals surface area contributed by atoms with Crippen LogP contribution in [0.2, 0.25) is 0 Å². The number of benzene rings is 3. The molecule has 1 atom stereocenters. The molecule has 0 bridgehead atoms. The number of esters is 1. The van der Waals surface area contributed by atoms with E-state index in [9.17, 15) is 9.59 Å². The first-order valence-corrected chi connectivity index (χ1v) is 10.2. The number of methoxy groups -OCH3 is 1. The van der Waals surface area contributed by atoms with Crippen LogP contribution in [0.4, 0.5) is 4.79 Å². The highest BCUT2D eigenvalue weighted by Crippen LogP contribution is 2.43. The molecule has 1 heterocycles. The minimum absolute atomic E-state index is 0.0778. The summed E-state index contributed by atoms with van der Waals surface area (Å²) >= 11 is 0. The summed E-state index contributed by atoms with van der Waals surface area (Å²) in [6.07, 6.45) is -0.703. The summed E-state index contributed by atoms with van der Waals surface area (Å²) in [5, 5.41) is 1.10. The molecule has 162 valence electrons. The first kappa shape index (κ1) is 21.2. The molecule has 3 aromatic carbocycles. The van der Waals surface area contributed by atoms with Gasteiger partial charge >= 0.3 is 12.1 Å². The van der Waals surface area contributed by atoms with Crippen LogP contribution in [0.3, 0.4) is 0 Å². The third kappa shape index (κ3) is 4.34. The van der Waals surface area contributed by atoms with Crippen LogP contribution in [0.25, 0.3) is 5.76 Å². The molecular weight excluding hydrogens is 406 g/mol. The molecule has 6 heteroatoms. The van der Waals surface area contributed by atoms with Crippen molar-refractivity contribution in [2.24, 2.45) is 0 Å². The van der Waals surface area contributed by atoms with Crippen molar-refractivity contribution in [3.8, 4) is 0 Å². The zero-order valence-electron chi connectivity index (χ0n) is 17.9. The van der Waals surface area contributed by atoms with Gasteiger partial charge in [-0.2, -0.15) is 0 Å². The van der Waals surface area contributed by atoms with Crippen LogP contribution in [0.15, 0.2) is 90.5 Å². The Balaban J connectivity index is 1.72. The summed E-state index contributed by atoms with van der Waals surface area (Å²) in [6.45, 7) is 2.05. The van der Waals surface area contributed by atoms with Gasteiger partial charge in [0.2, 0.25) is 0 Å². The molecule has 1 aliphatic rings. The van der Waals surface area contributed by atoms with Gasteiger partial charge in [0, 0.05) is 5.56 Å². The second-order valence-electron chi connectivity index (χ2n) is 7.37. The lowest BCUT2D eigenvalue weighted by Gasteiger charge is -2.23. The van der Waals surface area contributed by atoms with Crippen molar-refractivity contribution < 1.29 is 23.9 Å². The fraction of sp³-hybridized carbons (Fsp3) is 0.154. The van der Waals surface area contributed by atoms with Gasteiger partial charge in [-0.05, 0) is 18.1 Å². The summed E-state index contributed by atoms with van der Waals surface area (Å²) in [6, 6.07) is 25.2. The highest BCUT2D eigenvalue weighted by Gasteiger charge is 2.45. The molecule has 0 saturated heterocycles. The predicted octanol–water partition coefficient (Wildman–Crippen LogP) is 5.20. The van der Waals surface area contributed by atoms with E-state index in [0.717, 1.165) is 16.2 Å². The quantitative estimate of drug-likeness (QED) is 0.521. The number of ether oxygens (including phenoxy) is 2. The lowest BCUT2D eigenvalue weighted by atomic mass is 9.96. The van der Waals surface area contributed by atoms with E-state index in [1.165, 1.54) is 7.11 Å². The molecule has 0 aromatic heterocycles. The Hall–Kier alpha value is -4.06. The number of amides is 1. The summed E-state index contributed by atoms with van der Waals surface area (Å²) in [7, 11) is 1.31. The molecule has 0 radical (unpaired) electrons. The molecule has 32 heavy (non-hydrogen) atoms. The molecule has 0 aliphatic carbocycles. The number of hydroxylamine groups is 2. The summed E-state index contributed by atoms with van der Waals surface area (Å²) in [5.74, 6) is -0.310. The van der Waals surface area contributed by atoms with Gasteiger partial charge in [-0.15, -0.1) is 5.06 Å². The molecule has 4 rings (SSSR count). The molecule has 0 spiro atoms. The second-order valence-corrected chi connectivity index (χ2v) is 7.37. The van der Waals surface area contributed by atoms with Crippen molar-refractivity contribution >= 4 is 17.8 Å². The molecule has 0 fully saturated rings. The third-order valence-electron chi connectivity index (χ3n) is 5.16. The number of hydrogen-bond donors (Lipinski definition) is 0. The molecular formula is C26H23NO5. The van der Waals surface area contributed by atoms with Gasteiger partial charge in [-0.3, -0.25) is 0 Å². The number of aryl methyl sites for hydroxylation is 1. The van der Waals surface area contributed by atoms with Crippen molar-refractivity contribution in [1.29, 1.82) is 0 Å². The molecule has 0 saturated carbocycles. The van der Waals surface area contributed by atoms with Gasteiger partial charge in [0.1, 0.15) is 18.2 Å². The van der Waals surface area contributed by atoms with Crippen molar-refractivity contribution in [3.05, 3.63) is 113 Å². The average Bonchev–Trinajstić information content (AvgIpc) is 3.24. The highest BCUT2D eigenvalue weighted by atomic mass is 16.7. The van der Waals surface area contributed by atoms with E-state index < -0.39 is 18.1 Å². The first-order chi connectivity index (χ1) is 15.6. The number of carbonyl (C=O) groups excluding carboxylic acids is 2. The van der Waals surface area contributed by atoms with Crippen molar-refractivity contribution in [3.63, 3.8) is 0 Å². The number of carbonyl (C=O) groups is 2. The maximum atomic E-state index is 13.1. The van der Waals surface area contributed by atoms with Crippen LogP contribution in [0.5, 0.6) is 0 Å². The molecule has 1 aliphatic heterocycles. The van der Waals surface area contributed by atoms with Crippen molar-refractivity contribution in [1.82, 2.24) is 5.06 Å². The number of rotatable bonds is 5. The second kappa shape index (κ2) is 9.39. The monoisotopic (exact) mass is 429 g/mol. The average molecular weight is 429 g/mol. The maximum absolute atomic E-state index is 13.1. The van der Waals surface area contributed by atoms with Crippen LogP contribution in [-0.2, 0) is 25.7 Å². The molecule has 1 amide bonds. The lowest BCUT2D eigenvalue weighted by Crippen LogP contribution is -2.32. The Morgan fingerprint density at radius 1 is 0.906 bits per heavy atom. The van der Waals surface area contributed by atoms with E-state index in [0.29, 0.717) is 11.1 Å². The van der Waals surface area contributed by atoms with E-state index in [2.05, 4.69) is 0 Å². The van der Waals surface area contributed by atoms with Crippen LogP contribution < -0.4 is 0 Å². The minimum Gasteiger partial charge on any atom is -0.465 e. The zero-order valence-corrected chi connectivity index (χ0v) is 17.9. The molecule has 3 aromatic rings. The smallest absolute Gasteiger partial charge is 0.444 e. The van der Waals surface area contributed by atoms with Gasteiger partial charge in [-0.25, -0.2) is 9.59 Å². The van der Waals surface area contributed by atoms with Crippen LogP contribution in [-0.4, -0.2) is 24.2 Å². The van der Waals surface area contributed by atoms with Gasteiger partial charge in [0.05, 0.1) is 7.11 Å². The van der Waals surface area contributed by atoms with Gasteiger partial charge in [0.25, 0.3) is 0 Å².